The monoisotopic (exact) mass is 375 g/mol. The van der Waals surface area contributed by atoms with E-state index in [1.165, 1.54) is 12.1 Å². The molecule has 0 atom stereocenters. The van der Waals surface area contributed by atoms with Gasteiger partial charge < -0.3 is 14.5 Å². The third-order valence-electron chi connectivity index (χ3n) is 5.32. The zero-order valence-corrected chi connectivity index (χ0v) is 15.6. The maximum absolute atomic E-state index is 12.2. The molecule has 0 unspecified atom stereocenters. The van der Waals surface area contributed by atoms with Crippen LogP contribution in [0.15, 0.2) is 18.2 Å². The third-order valence-corrected chi connectivity index (χ3v) is 5.32. The maximum Gasteiger partial charge on any atom is 0.338 e. The molecule has 0 saturated carbocycles. The molecule has 2 aliphatic heterocycles. The second-order valence-corrected chi connectivity index (χ2v) is 7.29. The van der Waals surface area contributed by atoms with E-state index in [1.807, 2.05) is 4.90 Å². The number of carbonyl (C=O) groups excluding carboxylic acids is 2. The van der Waals surface area contributed by atoms with Crippen LogP contribution in [0.5, 0.6) is 0 Å². The molecule has 0 radical (unpaired) electrons. The summed E-state index contributed by atoms with van der Waals surface area (Å²) in [6, 6.07) is 4.38. The fourth-order valence-corrected chi connectivity index (χ4v) is 3.58. The third kappa shape index (κ3) is 4.56. The number of nitrogens with zero attached hydrogens (tertiary/aromatic N) is 3. The fraction of sp³-hybridized carbons (Fsp3) is 0.579. The molecular weight excluding hydrogens is 350 g/mol. The molecule has 0 bridgehead atoms. The Kier molecular flexibility index (Phi) is 5.93. The summed E-state index contributed by atoms with van der Waals surface area (Å²) in [6.45, 7) is 4.73. The maximum atomic E-state index is 12.2. The number of nitro benzene ring substituents is 1. The van der Waals surface area contributed by atoms with Crippen LogP contribution in [0.1, 0.15) is 43.0 Å². The summed E-state index contributed by atoms with van der Waals surface area (Å²) < 4.78 is 5.07. The molecule has 0 aliphatic carbocycles. The van der Waals surface area contributed by atoms with Gasteiger partial charge in [0.15, 0.2) is 6.61 Å². The minimum absolute atomic E-state index is 0.0880. The van der Waals surface area contributed by atoms with Gasteiger partial charge in [0, 0.05) is 32.2 Å². The summed E-state index contributed by atoms with van der Waals surface area (Å²) in [5.74, 6) is -0.332. The minimum Gasteiger partial charge on any atom is -0.452 e. The Labute approximate surface area is 158 Å². The van der Waals surface area contributed by atoms with Gasteiger partial charge in [0.2, 0.25) is 0 Å². The largest absolute Gasteiger partial charge is 0.452 e. The molecule has 3 rings (SSSR count). The van der Waals surface area contributed by atoms with E-state index < -0.39 is 10.9 Å². The summed E-state index contributed by atoms with van der Waals surface area (Å²) in [7, 11) is 0. The van der Waals surface area contributed by atoms with E-state index in [0.29, 0.717) is 24.7 Å². The first-order chi connectivity index (χ1) is 13.0. The van der Waals surface area contributed by atoms with Crippen molar-refractivity contribution in [2.24, 2.45) is 5.92 Å². The molecule has 0 spiro atoms. The number of carbonyl (C=O) groups is 2. The molecule has 8 heteroatoms. The van der Waals surface area contributed by atoms with Gasteiger partial charge in [-0.3, -0.25) is 14.9 Å². The van der Waals surface area contributed by atoms with Crippen molar-refractivity contribution in [1.82, 2.24) is 4.90 Å². The zero-order chi connectivity index (χ0) is 19.4. The van der Waals surface area contributed by atoms with Crippen LogP contribution in [0, 0.1) is 16.0 Å². The predicted molar refractivity (Wildman–Crippen MR) is 99.8 cm³/mol. The van der Waals surface area contributed by atoms with Gasteiger partial charge in [-0.2, -0.15) is 0 Å². The van der Waals surface area contributed by atoms with Crippen LogP contribution in [0.4, 0.5) is 11.4 Å². The molecule has 0 N–H and O–H groups in total. The number of benzene rings is 1. The van der Waals surface area contributed by atoms with Gasteiger partial charge in [-0.05, 0) is 43.7 Å². The van der Waals surface area contributed by atoms with Crippen molar-refractivity contribution in [3.63, 3.8) is 0 Å². The SMILES string of the molecule is CC1CCN(c2ccc(C(=O)OCC(=O)N3CCCC3)cc2[N+](=O)[O-])CC1. The molecule has 27 heavy (non-hydrogen) atoms. The molecule has 146 valence electrons. The van der Waals surface area contributed by atoms with Crippen LogP contribution in [0.25, 0.3) is 0 Å². The molecule has 2 saturated heterocycles. The van der Waals surface area contributed by atoms with E-state index >= 15 is 0 Å². The Morgan fingerprint density at radius 2 is 1.85 bits per heavy atom. The van der Waals surface area contributed by atoms with Gasteiger partial charge in [-0.1, -0.05) is 6.92 Å². The number of amides is 1. The summed E-state index contributed by atoms with van der Waals surface area (Å²) in [5.41, 5.74) is 0.506. The highest BCUT2D eigenvalue weighted by molar-refractivity contribution is 5.93. The number of nitro groups is 1. The minimum atomic E-state index is -0.718. The molecule has 1 aromatic carbocycles. The zero-order valence-electron chi connectivity index (χ0n) is 15.6. The molecule has 0 aromatic heterocycles. The van der Waals surface area contributed by atoms with E-state index in [1.54, 1.807) is 11.0 Å². The van der Waals surface area contributed by atoms with E-state index in [9.17, 15) is 19.7 Å². The van der Waals surface area contributed by atoms with Crippen LogP contribution in [0.2, 0.25) is 0 Å². The number of hydrogen-bond donors (Lipinski definition) is 0. The quantitative estimate of drug-likeness (QED) is 0.446. The first-order valence-electron chi connectivity index (χ1n) is 9.44. The Bertz CT molecular complexity index is 722. The molecule has 1 aromatic rings. The van der Waals surface area contributed by atoms with Gasteiger partial charge in [-0.15, -0.1) is 0 Å². The summed E-state index contributed by atoms with van der Waals surface area (Å²) >= 11 is 0. The Morgan fingerprint density at radius 3 is 2.48 bits per heavy atom. The van der Waals surface area contributed by atoms with Crippen LogP contribution in [-0.4, -0.2) is 54.5 Å². The summed E-state index contributed by atoms with van der Waals surface area (Å²) in [4.78, 5) is 38.9. The molecular formula is C19H25N3O5. The number of ether oxygens (including phenoxy) is 1. The van der Waals surface area contributed by atoms with Crippen molar-refractivity contribution in [1.29, 1.82) is 0 Å². The molecule has 1 amide bonds. The number of likely N-dealkylation sites (tertiary alicyclic amines) is 1. The topological polar surface area (TPSA) is 93.0 Å². The van der Waals surface area contributed by atoms with Crippen LogP contribution in [0.3, 0.4) is 0 Å². The molecule has 2 aliphatic rings. The van der Waals surface area contributed by atoms with Gasteiger partial charge >= 0.3 is 5.97 Å². The van der Waals surface area contributed by atoms with Crippen molar-refractivity contribution in [2.45, 2.75) is 32.6 Å². The molecule has 2 heterocycles. The first kappa shape index (κ1) is 19.1. The number of piperidine rings is 1. The average molecular weight is 375 g/mol. The van der Waals surface area contributed by atoms with Crippen LogP contribution in [-0.2, 0) is 9.53 Å². The van der Waals surface area contributed by atoms with Crippen molar-refractivity contribution >= 4 is 23.3 Å². The van der Waals surface area contributed by atoms with Crippen LogP contribution >= 0.6 is 0 Å². The number of hydrogen-bond acceptors (Lipinski definition) is 6. The van der Waals surface area contributed by atoms with Gasteiger partial charge in [0.05, 0.1) is 10.5 Å². The fourth-order valence-electron chi connectivity index (χ4n) is 3.58. The first-order valence-corrected chi connectivity index (χ1v) is 9.44. The average Bonchev–Trinajstić information content (AvgIpc) is 3.21. The number of esters is 1. The number of rotatable bonds is 5. The highest BCUT2D eigenvalue weighted by Crippen LogP contribution is 2.32. The molecule has 2 fully saturated rings. The smallest absolute Gasteiger partial charge is 0.338 e. The highest BCUT2D eigenvalue weighted by Gasteiger charge is 2.26. The van der Waals surface area contributed by atoms with Gasteiger partial charge in [0.25, 0.3) is 11.6 Å². The van der Waals surface area contributed by atoms with Gasteiger partial charge in [0.1, 0.15) is 5.69 Å². The van der Waals surface area contributed by atoms with Crippen molar-refractivity contribution in [2.75, 3.05) is 37.7 Å². The molecule has 8 nitrogen and oxygen atoms in total. The lowest BCUT2D eigenvalue weighted by molar-refractivity contribution is -0.384. The lowest BCUT2D eigenvalue weighted by Gasteiger charge is -2.31. The standard InChI is InChI=1S/C19H25N3O5/c1-14-6-10-20(11-7-14)16-5-4-15(12-17(16)22(25)26)19(24)27-13-18(23)21-8-2-3-9-21/h4-5,12,14H,2-3,6-11,13H2,1H3. The lowest BCUT2D eigenvalue weighted by Crippen LogP contribution is -2.33. The Hall–Kier alpha value is -2.64. The Morgan fingerprint density at radius 1 is 1.19 bits per heavy atom. The van der Waals surface area contributed by atoms with E-state index in [4.69, 9.17) is 4.74 Å². The van der Waals surface area contributed by atoms with Crippen LogP contribution < -0.4 is 4.90 Å². The highest BCUT2D eigenvalue weighted by atomic mass is 16.6. The lowest BCUT2D eigenvalue weighted by atomic mass is 9.98. The van der Waals surface area contributed by atoms with Crippen molar-refractivity contribution < 1.29 is 19.2 Å². The Balaban J connectivity index is 1.68. The van der Waals surface area contributed by atoms with Crippen molar-refractivity contribution in [3.8, 4) is 0 Å². The normalized spacial score (nSPS) is 17.8. The summed E-state index contributed by atoms with van der Waals surface area (Å²) in [5, 5.41) is 11.5. The summed E-state index contributed by atoms with van der Waals surface area (Å²) in [6.07, 6.45) is 3.89. The van der Waals surface area contributed by atoms with Crippen molar-refractivity contribution in [3.05, 3.63) is 33.9 Å². The second-order valence-electron chi connectivity index (χ2n) is 7.29. The van der Waals surface area contributed by atoms with E-state index in [-0.39, 0.29) is 23.8 Å². The van der Waals surface area contributed by atoms with E-state index in [2.05, 4.69) is 6.92 Å². The number of anilines is 1. The van der Waals surface area contributed by atoms with E-state index in [0.717, 1.165) is 38.8 Å². The second kappa shape index (κ2) is 8.37. The van der Waals surface area contributed by atoms with Gasteiger partial charge in [-0.25, -0.2) is 4.79 Å². The predicted octanol–water partition coefficient (Wildman–Crippen LogP) is 2.61.